The topological polar surface area (TPSA) is 47.0 Å². The van der Waals surface area contributed by atoms with E-state index in [4.69, 9.17) is 14.7 Å². The summed E-state index contributed by atoms with van der Waals surface area (Å²) in [5.41, 5.74) is 1.96. The van der Waals surface area contributed by atoms with Gasteiger partial charge >= 0.3 is 0 Å². The van der Waals surface area contributed by atoms with E-state index in [0.717, 1.165) is 42.2 Å². The summed E-state index contributed by atoms with van der Waals surface area (Å²) in [5, 5.41) is 3.20. The van der Waals surface area contributed by atoms with Gasteiger partial charge in [-0.3, -0.25) is 0 Å². The highest BCUT2D eigenvalue weighted by Crippen LogP contribution is 2.41. The molecule has 1 aliphatic rings. The minimum Gasteiger partial charge on any atom is -0.373 e. The van der Waals surface area contributed by atoms with Crippen molar-refractivity contribution in [2.24, 2.45) is 5.92 Å². The smallest absolute Gasteiger partial charge is 0.162 e. The van der Waals surface area contributed by atoms with E-state index in [1.165, 1.54) is 12.8 Å². The predicted molar refractivity (Wildman–Crippen MR) is 82.0 cm³/mol. The van der Waals surface area contributed by atoms with Crippen molar-refractivity contribution >= 4 is 5.82 Å². The van der Waals surface area contributed by atoms with E-state index in [0.29, 0.717) is 5.92 Å². The summed E-state index contributed by atoms with van der Waals surface area (Å²) in [6, 6.07) is 0. The molecule has 20 heavy (non-hydrogen) atoms. The van der Waals surface area contributed by atoms with Crippen LogP contribution in [-0.4, -0.2) is 24.1 Å². The van der Waals surface area contributed by atoms with E-state index in [9.17, 15) is 0 Å². The fourth-order valence-corrected chi connectivity index (χ4v) is 3.34. The molecule has 0 aromatic carbocycles. The van der Waals surface area contributed by atoms with Gasteiger partial charge in [0.2, 0.25) is 0 Å². The van der Waals surface area contributed by atoms with Crippen LogP contribution in [0.5, 0.6) is 0 Å². The lowest BCUT2D eigenvalue weighted by molar-refractivity contribution is -0.0646. The Hall–Kier alpha value is -1.16. The zero-order valence-corrected chi connectivity index (χ0v) is 13.4. The second-order valence-corrected chi connectivity index (χ2v) is 5.97. The maximum Gasteiger partial charge on any atom is 0.162 e. The molecule has 1 aromatic rings. The molecule has 1 N–H and O–H groups in total. The Kier molecular flexibility index (Phi) is 4.63. The number of hydrogen-bond acceptors (Lipinski definition) is 4. The molecule has 112 valence electrons. The van der Waals surface area contributed by atoms with Crippen LogP contribution >= 0.6 is 0 Å². The number of nitrogens with zero attached hydrogens (tertiary/aromatic N) is 2. The Morgan fingerprint density at radius 2 is 2.15 bits per heavy atom. The van der Waals surface area contributed by atoms with Gasteiger partial charge in [0.1, 0.15) is 11.4 Å². The SMILES string of the molecule is CCc1nc(C2(OC)CCCC(C)C2)nc(NC)c1C. The fourth-order valence-electron chi connectivity index (χ4n) is 3.34. The molecular weight excluding hydrogens is 250 g/mol. The molecule has 0 amide bonds. The minimum absolute atomic E-state index is 0.305. The molecule has 1 aromatic heterocycles. The first-order chi connectivity index (χ1) is 9.56. The number of ether oxygens (including phenoxy) is 1. The van der Waals surface area contributed by atoms with E-state index in [1.54, 1.807) is 7.11 Å². The summed E-state index contributed by atoms with van der Waals surface area (Å²) in [5.74, 6) is 2.46. The highest BCUT2D eigenvalue weighted by atomic mass is 16.5. The lowest BCUT2D eigenvalue weighted by Gasteiger charge is -2.38. The number of aryl methyl sites for hydroxylation is 1. The molecule has 0 radical (unpaired) electrons. The standard InChI is InChI=1S/C16H27N3O/c1-6-13-12(3)14(17-4)19-15(18-13)16(20-5)9-7-8-11(2)10-16/h11H,6-10H2,1-5H3,(H,17,18,19). The van der Waals surface area contributed by atoms with Gasteiger partial charge in [-0.15, -0.1) is 0 Å². The lowest BCUT2D eigenvalue weighted by atomic mass is 9.78. The molecule has 1 saturated carbocycles. The van der Waals surface area contributed by atoms with Crippen molar-refractivity contribution in [3.05, 3.63) is 17.1 Å². The van der Waals surface area contributed by atoms with E-state index in [1.807, 2.05) is 7.05 Å². The van der Waals surface area contributed by atoms with E-state index < -0.39 is 0 Å². The maximum absolute atomic E-state index is 5.92. The molecule has 2 rings (SSSR count). The third-order valence-electron chi connectivity index (χ3n) is 4.57. The van der Waals surface area contributed by atoms with Crippen LogP contribution in [0.15, 0.2) is 0 Å². The molecule has 0 spiro atoms. The van der Waals surface area contributed by atoms with Gasteiger partial charge in [0, 0.05) is 25.4 Å². The van der Waals surface area contributed by atoms with Gasteiger partial charge in [0.15, 0.2) is 5.82 Å². The third kappa shape index (κ3) is 2.66. The zero-order chi connectivity index (χ0) is 14.8. The maximum atomic E-state index is 5.92. The Morgan fingerprint density at radius 3 is 2.70 bits per heavy atom. The van der Waals surface area contributed by atoms with Gasteiger partial charge < -0.3 is 10.1 Å². The summed E-state index contributed by atoms with van der Waals surface area (Å²) in [6.45, 7) is 6.51. The molecule has 1 aliphatic carbocycles. The number of methoxy groups -OCH3 is 1. The first-order valence-corrected chi connectivity index (χ1v) is 7.67. The summed E-state index contributed by atoms with van der Waals surface area (Å²) in [4.78, 5) is 9.58. The first kappa shape index (κ1) is 15.2. The van der Waals surface area contributed by atoms with Crippen LogP contribution in [0.4, 0.5) is 5.82 Å². The first-order valence-electron chi connectivity index (χ1n) is 7.67. The summed E-state index contributed by atoms with van der Waals surface area (Å²) < 4.78 is 5.92. The van der Waals surface area contributed by atoms with Crippen LogP contribution < -0.4 is 5.32 Å². The Bertz CT molecular complexity index is 450. The molecule has 0 saturated heterocycles. The van der Waals surface area contributed by atoms with Gasteiger partial charge in [0.25, 0.3) is 0 Å². The van der Waals surface area contributed by atoms with Crippen LogP contribution in [0.1, 0.15) is 56.6 Å². The molecule has 1 heterocycles. The Labute approximate surface area is 122 Å². The fraction of sp³-hybridized carbons (Fsp3) is 0.750. The number of hydrogen-bond donors (Lipinski definition) is 1. The monoisotopic (exact) mass is 277 g/mol. The van der Waals surface area contributed by atoms with Crippen molar-refractivity contribution in [3.63, 3.8) is 0 Å². The molecular formula is C16H27N3O. The van der Waals surface area contributed by atoms with Crippen LogP contribution in [0.3, 0.4) is 0 Å². The Balaban J connectivity index is 2.49. The summed E-state index contributed by atoms with van der Waals surface area (Å²) in [7, 11) is 3.72. The number of nitrogens with one attached hydrogen (secondary N) is 1. The quantitative estimate of drug-likeness (QED) is 0.915. The molecule has 2 unspecified atom stereocenters. The van der Waals surface area contributed by atoms with Gasteiger partial charge in [-0.1, -0.05) is 20.3 Å². The van der Waals surface area contributed by atoms with Gasteiger partial charge in [-0.05, 0) is 38.5 Å². The minimum atomic E-state index is -0.305. The van der Waals surface area contributed by atoms with Crippen LogP contribution in [0.2, 0.25) is 0 Å². The Morgan fingerprint density at radius 1 is 1.40 bits per heavy atom. The zero-order valence-electron chi connectivity index (χ0n) is 13.4. The van der Waals surface area contributed by atoms with E-state index >= 15 is 0 Å². The molecule has 4 nitrogen and oxygen atoms in total. The van der Waals surface area contributed by atoms with Crippen molar-refractivity contribution in [2.45, 2.75) is 58.5 Å². The van der Waals surface area contributed by atoms with Crippen molar-refractivity contribution in [1.82, 2.24) is 9.97 Å². The van der Waals surface area contributed by atoms with Gasteiger partial charge in [0.05, 0.1) is 0 Å². The van der Waals surface area contributed by atoms with Gasteiger partial charge in [-0.2, -0.15) is 0 Å². The van der Waals surface area contributed by atoms with Crippen LogP contribution in [0.25, 0.3) is 0 Å². The predicted octanol–water partition coefficient (Wildman–Crippen LogP) is 3.44. The normalized spacial score (nSPS) is 26.6. The van der Waals surface area contributed by atoms with Crippen molar-refractivity contribution in [3.8, 4) is 0 Å². The van der Waals surface area contributed by atoms with Crippen LogP contribution in [-0.2, 0) is 16.8 Å². The number of anilines is 1. The average molecular weight is 277 g/mol. The summed E-state index contributed by atoms with van der Waals surface area (Å²) >= 11 is 0. The highest BCUT2D eigenvalue weighted by molar-refractivity contribution is 5.45. The molecule has 4 heteroatoms. The largest absolute Gasteiger partial charge is 0.373 e. The highest BCUT2D eigenvalue weighted by Gasteiger charge is 2.40. The van der Waals surface area contributed by atoms with E-state index in [2.05, 4.69) is 26.1 Å². The second kappa shape index (κ2) is 6.08. The summed E-state index contributed by atoms with van der Waals surface area (Å²) in [6.07, 6.45) is 5.41. The molecule has 0 aliphatic heterocycles. The lowest BCUT2D eigenvalue weighted by Crippen LogP contribution is -2.36. The van der Waals surface area contributed by atoms with Crippen LogP contribution in [0, 0.1) is 12.8 Å². The van der Waals surface area contributed by atoms with Crippen molar-refractivity contribution < 1.29 is 4.74 Å². The molecule has 2 atom stereocenters. The third-order valence-corrected chi connectivity index (χ3v) is 4.57. The molecule has 1 fully saturated rings. The average Bonchev–Trinajstić information content (AvgIpc) is 2.47. The van der Waals surface area contributed by atoms with Crippen molar-refractivity contribution in [2.75, 3.05) is 19.5 Å². The number of aromatic nitrogens is 2. The number of rotatable bonds is 4. The van der Waals surface area contributed by atoms with E-state index in [-0.39, 0.29) is 5.60 Å². The van der Waals surface area contributed by atoms with Gasteiger partial charge in [-0.25, -0.2) is 9.97 Å². The second-order valence-electron chi connectivity index (χ2n) is 5.97. The molecule has 0 bridgehead atoms. The van der Waals surface area contributed by atoms with Crippen molar-refractivity contribution in [1.29, 1.82) is 0 Å².